The molecular formula is C34H47ClN10O4. The highest BCUT2D eigenvalue weighted by molar-refractivity contribution is 6.32. The molecule has 4 heterocycles. The predicted octanol–water partition coefficient (Wildman–Crippen LogP) is 5.23. The van der Waals surface area contributed by atoms with Crippen molar-refractivity contribution in [1.82, 2.24) is 45.3 Å². The molecule has 1 saturated heterocycles. The summed E-state index contributed by atoms with van der Waals surface area (Å²) in [7, 11) is 0. The molecule has 1 saturated carbocycles. The van der Waals surface area contributed by atoms with Crippen LogP contribution < -0.4 is 20.1 Å². The van der Waals surface area contributed by atoms with E-state index >= 15 is 0 Å². The van der Waals surface area contributed by atoms with E-state index in [4.69, 9.17) is 30.9 Å². The van der Waals surface area contributed by atoms with Gasteiger partial charge in [-0.05, 0) is 94.3 Å². The summed E-state index contributed by atoms with van der Waals surface area (Å²) in [5, 5.41) is 33.7. The maximum absolute atomic E-state index is 10.2. The van der Waals surface area contributed by atoms with Gasteiger partial charge in [-0.15, -0.1) is 10.2 Å². The van der Waals surface area contributed by atoms with Crippen LogP contribution in [0.2, 0.25) is 5.02 Å². The first kappa shape index (κ1) is 35.0. The van der Waals surface area contributed by atoms with Crippen LogP contribution in [-0.2, 0) is 11.3 Å². The zero-order chi connectivity index (χ0) is 34.6. The van der Waals surface area contributed by atoms with E-state index in [9.17, 15) is 5.11 Å². The molecule has 2 aliphatic rings. The van der Waals surface area contributed by atoms with Crippen molar-refractivity contribution in [2.75, 3.05) is 25.0 Å². The Hall–Kier alpha value is -3.85. The largest absolute Gasteiger partial charge is 0.487 e. The van der Waals surface area contributed by atoms with Crippen LogP contribution in [0.3, 0.4) is 0 Å². The Morgan fingerprint density at radius 3 is 2.65 bits per heavy atom. The number of anilines is 2. The second kappa shape index (κ2) is 15.0. The molecule has 1 aromatic carbocycles. The summed E-state index contributed by atoms with van der Waals surface area (Å²) in [5.41, 5.74) is 1.33. The summed E-state index contributed by atoms with van der Waals surface area (Å²) in [5.74, 6) is 1.90. The highest BCUT2D eigenvalue weighted by atomic mass is 35.5. The van der Waals surface area contributed by atoms with Gasteiger partial charge in [0.1, 0.15) is 23.9 Å². The van der Waals surface area contributed by atoms with Crippen LogP contribution >= 0.6 is 11.6 Å². The lowest BCUT2D eigenvalue weighted by Crippen LogP contribution is -2.55. The topological polar surface area (TPSA) is 159 Å². The van der Waals surface area contributed by atoms with E-state index in [1.54, 1.807) is 37.0 Å². The molecule has 0 bridgehead atoms. The number of aromatic nitrogens is 8. The molecule has 6 rings (SSSR count). The number of rotatable bonds is 13. The molecule has 4 aromatic rings. The first-order valence-corrected chi connectivity index (χ1v) is 17.4. The van der Waals surface area contributed by atoms with Crippen LogP contribution in [0.1, 0.15) is 72.8 Å². The molecule has 0 spiro atoms. The van der Waals surface area contributed by atoms with Gasteiger partial charge in [-0.1, -0.05) is 17.7 Å². The fourth-order valence-corrected chi connectivity index (χ4v) is 6.79. The third-order valence-corrected chi connectivity index (χ3v) is 9.60. The van der Waals surface area contributed by atoms with Gasteiger partial charge in [0.2, 0.25) is 5.95 Å². The summed E-state index contributed by atoms with van der Waals surface area (Å²) >= 11 is 6.46. The quantitative estimate of drug-likeness (QED) is 0.168. The summed E-state index contributed by atoms with van der Waals surface area (Å²) in [6.45, 7) is 12.4. The van der Waals surface area contributed by atoms with Crippen LogP contribution in [-0.4, -0.2) is 88.2 Å². The fourth-order valence-electron chi connectivity index (χ4n) is 6.63. The van der Waals surface area contributed by atoms with Crippen LogP contribution in [0, 0.1) is 5.92 Å². The Bertz CT molecular complexity index is 1650. The number of benzene rings is 1. The lowest BCUT2D eigenvalue weighted by Gasteiger charge is -2.46. The number of hydrogen-bond donors (Lipinski definition) is 3. The van der Waals surface area contributed by atoms with E-state index in [-0.39, 0.29) is 23.9 Å². The molecule has 264 valence electrons. The molecule has 0 radical (unpaired) electrons. The van der Waals surface area contributed by atoms with Crippen molar-refractivity contribution in [1.29, 1.82) is 0 Å². The van der Waals surface area contributed by atoms with Crippen LogP contribution in [0.15, 0.2) is 43.1 Å². The zero-order valence-electron chi connectivity index (χ0n) is 28.8. The minimum Gasteiger partial charge on any atom is -0.487 e. The smallest absolute Gasteiger partial charge is 0.256 e. The summed E-state index contributed by atoms with van der Waals surface area (Å²) in [6.07, 6.45) is 11.6. The van der Waals surface area contributed by atoms with E-state index < -0.39 is 5.60 Å². The maximum atomic E-state index is 10.2. The molecule has 1 aliphatic heterocycles. The van der Waals surface area contributed by atoms with Crippen molar-refractivity contribution in [2.24, 2.45) is 5.92 Å². The molecule has 3 N–H and O–H groups in total. The predicted molar refractivity (Wildman–Crippen MR) is 185 cm³/mol. The minimum absolute atomic E-state index is 0.149. The van der Waals surface area contributed by atoms with E-state index in [0.29, 0.717) is 53.8 Å². The molecule has 1 unspecified atom stereocenters. The number of tetrazole rings is 1. The molecule has 0 amide bonds. The Labute approximate surface area is 291 Å². The number of hydrogen-bond acceptors (Lipinski definition) is 12. The molecule has 2 fully saturated rings. The first-order chi connectivity index (χ1) is 23.4. The van der Waals surface area contributed by atoms with Gasteiger partial charge >= 0.3 is 0 Å². The monoisotopic (exact) mass is 694 g/mol. The Balaban J connectivity index is 1.13. The normalized spacial score (nSPS) is 23.6. The van der Waals surface area contributed by atoms with E-state index in [2.05, 4.69) is 50.0 Å². The lowest BCUT2D eigenvalue weighted by atomic mass is 9.75. The molecule has 49 heavy (non-hydrogen) atoms. The van der Waals surface area contributed by atoms with Gasteiger partial charge in [0.15, 0.2) is 0 Å². The highest BCUT2D eigenvalue weighted by Gasteiger charge is 2.41. The second-order valence-corrected chi connectivity index (χ2v) is 14.5. The van der Waals surface area contributed by atoms with Gasteiger partial charge in [0.05, 0.1) is 47.7 Å². The summed E-state index contributed by atoms with van der Waals surface area (Å²) < 4.78 is 22.2. The van der Waals surface area contributed by atoms with Crippen molar-refractivity contribution in [3.8, 4) is 22.8 Å². The van der Waals surface area contributed by atoms with Gasteiger partial charge in [-0.2, -0.15) is 0 Å². The standard InChI is InChI=1S/C34H47ClN10O4/c1-22-15-36-20-34(5,49-22)26-7-9-27(10-8-26)45-19-29(31(41-45)47-13-12-33(3,4)46)40-32-37-16-25(17-38-32)24-6-11-28(35)30(14-24)48-23(2)18-44-21-39-42-43-44/h6,11,14,16-17,19,21-23,26-27,36,46H,7-10,12-13,15,18,20H2,1-5H3,(H,37,38,40)/t22-,23?,26?,27?,34-/m1/s1. The Morgan fingerprint density at radius 1 is 1.18 bits per heavy atom. The number of ether oxygens (including phenoxy) is 3. The lowest BCUT2D eigenvalue weighted by molar-refractivity contribution is -0.138. The molecule has 1 aliphatic carbocycles. The first-order valence-electron chi connectivity index (χ1n) is 17.0. The van der Waals surface area contributed by atoms with Gasteiger partial charge in [0.25, 0.3) is 5.88 Å². The Kier molecular flexibility index (Phi) is 10.7. The summed E-state index contributed by atoms with van der Waals surface area (Å²) in [6, 6.07) is 5.80. The van der Waals surface area contributed by atoms with Crippen molar-refractivity contribution in [3.05, 3.63) is 48.1 Å². The van der Waals surface area contributed by atoms with Crippen LogP contribution in [0.4, 0.5) is 11.6 Å². The third kappa shape index (κ3) is 9.04. The molecule has 15 heteroatoms. The van der Waals surface area contributed by atoms with E-state index in [1.807, 2.05) is 29.9 Å². The van der Waals surface area contributed by atoms with Crippen molar-refractivity contribution >= 4 is 23.2 Å². The molecule has 14 nitrogen and oxygen atoms in total. The number of halogens is 1. The van der Waals surface area contributed by atoms with Gasteiger partial charge in [-0.3, -0.25) is 4.68 Å². The number of morpholine rings is 1. The second-order valence-electron chi connectivity index (χ2n) is 14.1. The van der Waals surface area contributed by atoms with Gasteiger partial charge < -0.3 is 30.0 Å². The molecule has 3 atom stereocenters. The minimum atomic E-state index is -0.851. The van der Waals surface area contributed by atoms with Crippen molar-refractivity contribution < 1.29 is 19.3 Å². The fraction of sp³-hybridized carbons (Fsp3) is 0.588. The van der Waals surface area contributed by atoms with Gasteiger partial charge in [0, 0.05) is 37.5 Å². The van der Waals surface area contributed by atoms with E-state index in [1.165, 1.54) is 6.33 Å². The van der Waals surface area contributed by atoms with Gasteiger partial charge in [-0.25, -0.2) is 14.6 Å². The van der Waals surface area contributed by atoms with E-state index in [0.717, 1.165) is 49.9 Å². The van der Waals surface area contributed by atoms with Crippen LogP contribution in [0.5, 0.6) is 11.6 Å². The molecular weight excluding hydrogens is 648 g/mol. The number of nitrogens with one attached hydrogen (secondary N) is 2. The average Bonchev–Trinajstić information content (AvgIpc) is 3.72. The summed E-state index contributed by atoms with van der Waals surface area (Å²) in [4.78, 5) is 9.19. The zero-order valence-corrected chi connectivity index (χ0v) is 29.6. The third-order valence-electron chi connectivity index (χ3n) is 9.29. The SMILES string of the molecule is CC(Cn1cnnn1)Oc1cc(-c2cnc(Nc3cn(C4CCC([C@@]5(C)CNC[C@@H](C)O5)CC4)nc3OCCC(C)(C)O)nc2)ccc1Cl. The molecule has 3 aromatic heterocycles. The highest BCUT2D eigenvalue weighted by Crippen LogP contribution is 2.41. The van der Waals surface area contributed by atoms with Crippen molar-refractivity contribution in [2.45, 2.75) is 103 Å². The van der Waals surface area contributed by atoms with Crippen molar-refractivity contribution in [3.63, 3.8) is 0 Å². The number of nitrogens with zero attached hydrogens (tertiary/aromatic N) is 8. The maximum Gasteiger partial charge on any atom is 0.256 e. The Morgan fingerprint density at radius 2 is 1.96 bits per heavy atom. The van der Waals surface area contributed by atoms with Crippen LogP contribution in [0.25, 0.3) is 11.1 Å². The average molecular weight is 695 g/mol. The number of aliphatic hydroxyl groups is 1.